The Hall–Kier alpha value is -1.12. The molecule has 7 rings (SSSR count). The monoisotopic (exact) mass is 555 g/mol. The zero-order valence-corrected chi connectivity index (χ0v) is 24.1. The molecule has 0 saturated heterocycles. The van der Waals surface area contributed by atoms with Crippen molar-refractivity contribution in [3.8, 4) is 11.1 Å². The summed E-state index contributed by atoms with van der Waals surface area (Å²) in [6.07, 6.45) is 6.23. The van der Waals surface area contributed by atoms with Crippen molar-refractivity contribution in [1.82, 2.24) is 0 Å². The Morgan fingerprint density at radius 1 is 0.844 bits per heavy atom. The van der Waals surface area contributed by atoms with Crippen LogP contribution in [-0.4, -0.2) is 8.07 Å². The number of halogens is 2. The SMILES string of the molecule is CC1=C2c3cocc3C1[Si]2(C)C.CC1=Cc2c(-c3ccc(C)cc3)cccc2[CH]1[Zr+2].[Cl-].[Cl-]. The second-order valence-electron chi connectivity index (χ2n) is 9.45. The van der Waals surface area contributed by atoms with Gasteiger partial charge in [-0.25, -0.2) is 0 Å². The maximum absolute atomic E-state index is 5.22. The van der Waals surface area contributed by atoms with Crippen LogP contribution < -0.4 is 24.8 Å². The van der Waals surface area contributed by atoms with Crippen LogP contribution in [0.5, 0.6) is 0 Å². The molecular formula is C27H27Cl2OSiZr. The van der Waals surface area contributed by atoms with Gasteiger partial charge in [-0.3, -0.25) is 0 Å². The van der Waals surface area contributed by atoms with Gasteiger partial charge in [0.25, 0.3) is 0 Å². The zero-order valence-electron chi connectivity index (χ0n) is 19.1. The Bertz CT molecular complexity index is 1220. The van der Waals surface area contributed by atoms with Crippen molar-refractivity contribution in [3.63, 3.8) is 0 Å². The van der Waals surface area contributed by atoms with Gasteiger partial charge in [0, 0.05) is 16.7 Å². The van der Waals surface area contributed by atoms with Gasteiger partial charge in [0.1, 0.15) is 0 Å². The summed E-state index contributed by atoms with van der Waals surface area (Å²) in [5, 5.41) is 1.66. The molecule has 0 saturated carbocycles. The van der Waals surface area contributed by atoms with Gasteiger partial charge in [-0.2, -0.15) is 0 Å². The first-order valence-corrected chi connectivity index (χ1v) is 15.2. The Morgan fingerprint density at radius 3 is 2.16 bits per heavy atom. The number of rotatable bonds is 1. The molecule has 2 bridgehead atoms. The topological polar surface area (TPSA) is 13.1 Å². The fourth-order valence-corrected chi connectivity index (χ4v) is 10.9. The molecule has 3 heterocycles. The molecule has 1 nitrogen and oxygen atoms in total. The van der Waals surface area contributed by atoms with Crippen molar-refractivity contribution in [2.75, 3.05) is 0 Å². The summed E-state index contributed by atoms with van der Waals surface area (Å²) in [6.45, 7) is 11.6. The summed E-state index contributed by atoms with van der Waals surface area (Å²) in [7, 11) is -1.04. The predicted molar refractivity (Wildman–Crippen MR) is 125 cm³/mol. The molecule has 3 aromatic rings. The third kappa shape index (κ3) is 3.80. The van der Waals surface area contributed by atoms with E-state index in [-0.39, 0.29) is 24.8 Å². The van der Waals surface area contributed by atoms with Gasteiger partial charge in [0.05, 0.1) is 20.6 Å². The summed E-state index contributed by atoms with van der Waals surface area (Å²) >= 11 is 1.59. The molecule has 163 valence electrons. The second kappa shape index (κ2) is 9.26. The van der Waals surface area contributed by atoms with Crippen molar-refractivity contribution in [3.05, 3.63) is 94.0 Å². The summed E-state index contributed by atoms with van der Waals surface area (Å²) < 4.78 is 5.87. The maximum Gasteiger partial charge on any atom is -1.00 e. The number of fused-ring (bicyclic) bond motifs is 1. The molecule has 32 heavy (non-hydrogen) atoms. The number of benzene rings is 2. The Balaban J connectivity index is 0.000000181. The number of hydrogen-bond acceptors (Lipinski definition) is 1. The Morgan fingerprint density at radius 2 is 1.53 bits per heavy atom. The summed E-state index contributed by atoms with van der Waals surface area (Å²) in [4.78, 5) is 0. The van der Waals surface area contributed by atoms with E-state index >= 15 is 0 Å². The molecule has 0 fully saturated rings. The standard InChI is InChI=1S/C17H15.C10H12OSi.2ClH.Zr/c1-12-6-8-14(9-7-12)16-5-3-4-15-10-13(2)11-17(15)16;1-6-9-7-4-11-5-8(7)10(6)12(9,2)3;;;/h3-11H,1-2H3;4-5,9H,1-3H3;2*1H;/q;;;;+2/p-2. The van der Waals surface area contributed by atoms with Crippen LogP contribution in [0.1, 0.15) is 50.8 Å². The van der Waals surface area contributed by atoms with Crippen LogP contribution in [0.3, 0.4) is 0 Å². The van der Waals surface area contributed by atoms with Gasteiger partial charge < -0.3 is 29.2 Å². The average Bonchev–Trinajstić information content (AvgIpc) is 3.40. The largest absolute Gasteiger partial charge is 1.00 e. The van der Waals surface area contributed by atoms with Crippen LogP contribution in [-0.2, 0) is 24.7 Å². The molecule has 0 spiro atoms. The van der Waals surface area contributed by atoms with Crippen molar-refractivity contribution in [1.29, 1.82) is 0 Å². The second-order valence-corrected chi connectivity index (χ2v) is 15.4. The van der Waals surface area contributed by atoms with E-state index in [1.54, 1.807) is 35.5 Å². The third-order valence-electron chi connectivity index (χ3n) is 7.11. The van der Waals surface area contributed by atoms with Crippen LogP contribution in [0.15, 0.2) is 70.6 Å². The Labute approximate surface area is 220 Å². The van der Waals surface area contributed by atoms with Gasteiger partial charge in [0.2, 0.25) is 0 Å². The zero-order chi connectivity index (χ0) is 21.2. The minimum atomic E-state index is -1.04. The fraction of sp³-hybridized carbons (Fsp3) is 0.259. The van der Waals surface area contributed by atoms with Gasteiger partial charge in [-0.1, -0.05) is 18.7 Å². The number of hydrogen-bond donors (Lipinski definition) is 0. The van der Waals surface area contributed by atoms with Crippen LogP contribution in [0.25, 0.3) is 22.4 Å². The van der Waals surface area contributed by atoms with Gasteiger partial charge in [0.15, 0.2) is 0 Å². The van der Waals surface area contributed by atoms with E-state index in [4.69, 9.17) is 4.42 Å². The molecule has 0 radical (unpaired) electrons. The van der Waals surface area contributed by atoms with Crippen molar-refractivity contribution in [2.45, 2.75) is 43.0 Å². The number of allylic oxidation sites excluding steroid dienone is 2. The fourth-order valence-electron chi connectivity index (χ4n) is 5.71. The van der Waals surface area contributed by atoms with Crippen molar-refractivity contribution < 1.29 is 54.0 Å². The molecular weight excluding hydrogens is 531 g/mol. The summed E-state index contributed by atoms with van der Waals surface area (Å²) in [5.74, 6) is 0. The molecule has 5 heteroatoms. The molecule has 2 aliphatic carbocycles. The molecule has 0 N–H and O–H groups in total. The molecule has 4 aliphatic rings. The number of furan rings is 1. The van der Waals surface area contributed by atoms with E-state index in [0.29, 0.717) is 3.63 Å². The number of aryl methyl sites for hydroxylation is 1. The van der Waals surface area contributed by atoms with Crippen molar-refractivity contribution in [2.24, 2.45) is 0 Å². The minimum Gasteiger partial charge on any atom is -1.00 e. The van der Waals surface area contributed by atoms with E-state index in [0.717, 1.165) is 5.54 Å². The van der Waals surface area contributed by atoms with E-state index in [1.807, 2.05) is 12.5 Å². The van der Waals surface area contributed by atoms with Crippen LogP contribution in [0.2, 0.25) is 13.1 Å². The minimum absolute atomic E-state index is 0. The van der Waals surface area contributed by atoms with E-state index in [9.17, 15) is 0 Å². The van der Waals surface area contributed by atoms with Gasteiger partial charge >= 0.3 is 124 Å². The van der Waals surface area contributed by atoms with E-state index in [1.165, 1.54) is 44.5 Å². The average molecular weight is 558 g/mol. The molecule has 2 atom stereocenters. The van der Waals surface area contributed by atoms with E-state index < -0.39 is 8.07 Å². The first-order chi connectivity index (χ1) is 14.3. The summed E-state index contributed by atoms with van der Waals surface area (Å²) in [6, 6.07) is 15.5. The first kappa shape index (κ1) is 25.5. The molecule has 0 amide bonds. The Kier molecular flexibility index (Phi) is 7.38. The molecule has 1 aromatic heterocycles. The van der Waals surface area contributed by atoms with Crippen molar-refractivity contribution >= 4 is 19.3 Å². The van der Waals surface area contributed by atoms with Crippen LogP contribution in [0.4, 0.5) is 0 Å². The van der Waals surface area contributed by atoms with E-state index in [2.05, 4.69) is 82.4 Å². The van der Waals surface area contributed by atoms with Gasteiger partial charge in [-0.05, 0) is 12.1 Å². The quantitative estimate of drug-likeness (QED) is 0.415. The normalized spacial score (nSPS) is 20.7. The smallest absolute Gasteiger partial charge is 1.00 e. The van der Waals surface area contributed by atoms with Gasteiger partial charge in [-0.15, -0.1) is 0 Å². The predicted octanol–water partition coefficient (Wildman–Crippen LogP) is 1.63. The first-order valence-electron chi connectivity index (χ1n) is 10.7. The molecule has 2 unspecified atom stereocenters. The molecule has 2 aliphatic heterocycles. The van der Waals surface area contributed by atoms with Crippen LogP contribution in [0, 0.1) is 6.92 Å². The van der Waals surface area contributed by atoms with Crippen LogP contribution >= 0.6 is 0 Å². The molecule has 2 aromatic carbocycles. The maximum atomic E-state index is 5.22. The third-order valence-corrected chi connectivity index (χ3v) is 13.1. The summed E-state index contributed by atoms with van der Waals surface area (Å²) in [5.41, 5.74) is 13.7.